The molecule has 1 aliphatic heterocycles. The van der Waals surface area contributed by atoms with Gasteiger partial charge in [-0.15, -0.1) is 0 Å². The van der Waals surface area contributed by atoms with Gasteiger partial charge in [-0.2, -0.15) is 0 Å². The van der Waals surface area contributed by atoms with Crippen molar-refractivity contribution in [1.82, 2.24) is 0 Å². The van der Waals surface area contributed by atoms with Gasteiger partial charge in [0.25, 0.3) is 5.95 Å². The van der Waals surface area contributed by atoms with Crippen molar-refractivity contribution in [3.63, 3.8) is 0 Å². The molecule has 152 valence electrons. The minimum absolute atomic E-state index is 0.157. The summed E-state index contributed by atoms with van der Waals surface area (Å²) in [5, 5.41) is 9.10. The van der Waals surface area contributed by atoms with E-state index < -0.39 is 36.0 Å². The Morgan fingerprint density at radius 3 is 2.75 bits per heavy atom. The molecule has 0 bridgehead atoms. The first-order valence-corrected chi connectivity index (χ1v) is 9.32. The minimum Gasteiger partial charge on any atom is -0.481 e. The fourth-order valence-corrected chi connectivity index (χ4v) is 3.37. The molecule has 0 aromatic carbocycles. The van der Waals surface area contributed by atoms with Crippen LogP contribution < -0.4 is 0 Å². The highest BCUT2D eigenvalue weighted by Gasteiger charge is 2.44. The Kier molecular flexibility index (Phi) is 7.26. The van der Waals surface area contributed by atoms with E-state index in [1.807, 2.05) is 19.9 Å². The second-order valence-corrected chi connectivity index (χ2v) is 7.17. The van der Waals surface area contributed by atoms with Crippen LogP contribution in [0.1, 0.15) is 40.0 Å². The molecule has 0 radical (unpaired) electrons. The Labute approximate surface area is 165 Å². The maximum atomic E-state index is 12.7. The molecule has 0 saturated carbocycles. The van der Waals surface area contributed by atoms with Crippen molar-refractivity contribution < 1.29 is 28.9 Å². The van der Waals surface area contributed by atoms with Gasteiger partial charge in [0.05, 0.1) is 11.5 Å². The van der Waals surface area contributed by atoms with E-state index in [4.69, 9.17) is 19.3 Å². The van der Waals surface area contributed by atoms with Gasteiger partial charge in [0.1, 0.15) is 18.8 Å². The highest BCUT2D eigenvalue weighted by atomic mass is 16.6. The predicted octanol–water partition coefficient (Wildman–Crippen LogP) is 4.06. The van der Waals surface area contributed by atoms with Crippen molar-refractivity contribution in [2.24, 2.45) is 5.92 Å². The summed E-state index contributed by atoms with van der Waals surface area (Å²) in [5.41, 5.74) is 2.73. The summed E-state index contributed by atoms with van der Waals surface area (Å²) in [5.74, 6) is -1.98. The lowest BCUT2D eigenvalue weighted by Gasteiger charge is -2.27. The molecular weight excluding hydrogens is 360 g/mol. The second-order valence-electron chi connectivity index (χ2n) is 7.17. The third-order valence-electron chi connectivity index (χ3n) is 4.93. The average Bonchev–Trinajstić information content (AvgIpc) is 2.88. The van der Waals surface area contributed by atoms with Crippen LogP contribution in [0.3, 0.4) is 0 Å². The molecule has 1 fully saturated rings. The molecule has 0 unspecified atom stereocenters. The first-order chi connectivity index (χ1) is 13.2. The molecule has 6 nitrogen and oxygen atoms in total. The summed E-state index contributed by atoms with van der Waals surface area (Å²) in [6, 6.07) is 0. The van der Waals surface area contributed by atoms with Gasteiger partial charge >= 0.3 is 11.9 Å². The highest BCUT2D eigenvalue weighted by molar-refractivity contribution is 5.92. The van der Waals surface area contributed by atoms with E-state index in [2.05, 4.69) is 19.2 Å². The summed E-state index contributed by atoms with van der Waals surface area (Å²) in [6.07, 6.45) is 6.70. The molecule has 3 atom stereocenters. The Bertz CT molecular complexity index is 755. The van der Waals surface area contributed by atoms with Gasteiger partial charge in [0.15, 0.2) is 0 Å². The molecule has 0 amide bonds. The highest BCUT2D eigenvalue weighted by Crippen LogP contribution is 2.36. The lowest BCUT2D eigenvalue weighted by molar-refractivity contribution is -0.147. The van der Waals surface area contributed by atoms with E-state index in [1.54, 1.807) is 13.0 Å². The molecule has 6 heteroatoms. The Balaban J connectivity index is 2.30. The van der Waals surface area contributed by atoms with Gasteiger partial charge < -0.3 is 19.3 Å². The number of carbonyl (C=O) groups excluding carboxylic acids is 2. The normalized spacial score (nSPS) is 29.5. The Hall–Kier alpha value is -2.76. The van der Waals surface area contributed by atoms with Crippen LogP contribution in [0.15, 0.2) is 59.6 Å². The standard InChI is InChI=1S/C22H28O6/c1-6-17(12-26-16(5)23)22(25)28-19-11-14(3)9-7-8-13(2)10-18-20(19)15(4)21(24)27-18/h6,9-10,18-20,23H,4-5,7-8,11-12H2,1-3H3/b13-10+,14-9+,17-6-/t18-,19+,20+/m1/s1. The molecule has 1 heterocycles. The van der Waals surface area contributed by atoms with E-state index in [9.17, 15) is 9.59 Å². The molecule has 1 saturated heterocycles. The van der Waals surface area contributed by atoms with E-state index in [0.717, 1.165) is 24.0 Å². The zero-order valence-corrected chi connectivity index (χ0v) is 16.7. The summed E-state index contributed by atoms with van der Waals surface area (Å²) in [7, 11) is 0. The molecule has 2 aliphatic rings. The van der Waals surface area contributed by atoms with Gasteiger partial charge in [-0.05, 0) is 46.3 Å². The number of aliphatic hydroxyl groups excluding tert-OH is 1. The predicted molar refractivity (Wildman–Crippen MR) is 105 cm³/mol. The average molecular weight is 388 g/mol. The van der Waals surface area contributed by atoms with Crippen LogP contribution in [0, 0.1) is 5.92 Å². The number of allylic oxidation sites excluding steroid dienone is 3. The van der Waals surface area contributed by atoms with Gasteiger partial charge in [-0.3, -0.25) is 0 Å². The number of ether oxygens (including phenoxy) is 3. The molecule has 0 spiro atoms. The van der Waals surface area contributed by atoms with Crippen LogP contribution in [0.25, 0.3) is 0 Å². The van der Waals surface area contributed by atoms with E-state index in [1.165, 1.54) is 0 Å². The van der Waals surface area contributed by atoms with E-state index in [0.29, 0.717) is 12.0 Å². The molecule has 0 aromatic rings. The third-order valence-corrected chi connectivity index (χ3v) is 4.93. The fourth-order valence-electron chi connectivity index (χ4n) is 3.37. The smallest absolute Gasteiger partial charge is 0.337 e. The number of esters is 2. The maximum absolute atomic E-state index is 12.7. The van der Waals surface area contributed by atoms with Gasteiger partial charge in [0.2, 0.25) is 0 Å². The van der Waals surface area contributed by atoms with Gasteiger partial charge in [-0.1, -0.05) is 29.9 Å². The summed E-state index contributed by atoms with van der Waals surface area (Å²) in [4.78, 5) is 24.8. The first kappa shape index (κ1) is 21.5. The third kappa shape index (κ3) is 5.38. The fraction of sp³-hybridized carbons (Fsp3) is 0.455. The summed E-state index contributed by atoms with van der Waals surface area (Å²) >= 11 is 0. The Morgan fingerprint density at radius 1 is 1.39 bits per heavy atom. The van der Waals surface area contributed by atoms with E-state index in [-0.39, 0.29) is 12.2 Å². The lowest BCUT2D eigenvalue weighted by Crippen LogP contribution is -2.34. The molecule has 1 aliphatic carbocycles. The van der Waals surface area contributed by atoms with Crippen molar-refractivity contribution in [3.05, 3.63) is 59.6 Å². The zero-order chi connectivity index (χ0) is 20.8. The van der Waals surface area contributed by atoms with Crippen LogP contribution in [0.2, 0.25) is 0 Å². The SMILES string of the molecule is C=C(O)OC/C(=C/C)C(=O)O[C@H]1C/C(C)=C/CC/C(C)=C/[C@H]2OC(=O)C(=C)[C@H]12. The summed E-state index contributed by atoms with van der Waals surface area (Å²) in [6.45, 7) is 12.6. The van der Waals surface area contributed by atoms with Crippen LogP contribution in [-0.2, 0) is 23.8 Å². The van der Waals surface area contributed by atoms with E-state index >= 15 is 0 Å². The van der Waals surface area contributed by atoms with Crippen molar-refractivity contribution >= 4 is 11.9 Å². The monoisotopic (exact) mass is 388 g/mol. The van der Waals surface area contributed by atoms with Crippen molar-refractivity contribution in [3.8, 4) is 0 Å². The molecule has 1 N–H and O–H groups in total. The number of aliphatic hydroxyl groups is 1. The van der Waals surface area contributed by atoms with Crippen LogP contribution in [-0.4, -0.2) is 35.9 Å². The largest absolute Gasteiger partial charge is 0.481 e. The van der Waals surface area contributed by atoms with Crippen LogP contribution >= 0.6 is 0 Å². The van der Waals surface area contributed by atoms with Crippen molar-refractivity contribution in [2.75, 3.05) is 6.61 Å². The molecule has 0 aromatic heterocycles. The van der Waals surface area contributed by atoms with Crippen LogP contribution in [0.4, 0.5) is 0 Å². The number of rotatable bonds is 5. The molecule has 28 heavy (non-hydrogen) atoms. The molecular formula is C22H28O6. The second kappa shape index (κ2) is 9.44. The van der Waals surface area contributed by atoms with Crippen molar-refractivity contribution in [1.29, 1.82) is 0 Å². The minimum atomic E-state index is -0.609. The van der Waals surface area contributed by atoms with Crippen LogP contribution in [0.5, 0.6) is 0 Å². The topological polar surface area (TPSA) is 82.1 Å². The number of hydrogen-bond acceptors (Lipinski definition) is 6. The maximum Gasteiger partial charge on any atom is 0.337 e. The lowest BCUT2D eigenvalue weighted by atomic mass is 9.85. The zero-order valence-electron chi connectivity index (χ0n) is 16.7. The van der Waals surface area contributed by atoms with Gasteiger partial charge in [0, 0.05) is 12.0 Å². The van der Waals surface area contributed by atoms with Crippen molar-refractivity contribution in [2.45, 2.75) is 52.2 Å². The first-order valence-electron chi connectivity index (χ1n) is 9.32. The Morgan fingerprint density at radius 2 is 2.11 bits per heavy atom. The quantitative estimate of drug-likeness (QED) is 0.331. The molecule has 2 rings (SSSR count). The number of fused-ring (bicyclic) bond motifs is 1. The van der Waals surface area contributed by atoms with Gasteiger partial charge in [-0.25, -0.2) is 9.59 Å². The summed E-state index contributed by atoms with van der Waals surface area (Å²) < 4.78 is 16.2. The number of carbonyl (C=O) groups is 2. The number of hydrogen-bond donors (Lipinski definition) is 1.